The van der Waals surface area contributed by atoms with Crippen molar-refractivity contribution in [3.8, 4) is 24.2 Å². The van der Waals surface area contributed by atoms with Gasteiger partial charge in [-0.2, -0.15) is 0 Å². The van der Waals surface area contributed by atoms with Gasteiger partial charge in [-0.05, 0) is 125 Å². The zero-order valence-corrected chi connectivity index (χ0v) is 57.3. The van der Waals surface area contributed by atoms with Crippen LogP contribution in [0, 0.1) is 40.4 Å². The number of aryl methyl sites for hydroxylation is 1. The summed E-state index contributed by atoms with van der Waals surface area (Å²) >= 11 is 12.6. The second kappa shape index (κ2) is 36.0. The molecule has 11 heterocycles. The van der Waals surface area contributed by atoms with E-state index in [-0.39, 0.29) is 71.1 Å². The van der Waals surface area contributed by atoms with E-state index in [1.807, 2.05) is 80.8 Å². The number of hydrogen-bond acceptors (Lipinski definition) is 8. The minimum atomic E-state index is -3.67. The van der Waals surface area contributed by atoms with Gasteiger partial charge in [-0.25, -0.2) is 33.7 Å². The summed E-state index contributed by atoms with van der Waals surface area (Å²) < 4.78 is 123. The highest BCUT2D eigenvalue weighted by molar-refractivity contribution is 9.10. The van der Waals surface area contributed by atoms with Crippen molar-refractivity contribution < 1.29 is 63.5 Å². The Morgan fingerprint density at radius 2 is 1.02 bits per heavy atom. The van der Waals surface area contributed by atoms with E-state index in [2.05, 4.69) is 88.4 Å². The zero-order valence-electron chi connectivity index (χ0n) is 53.6. The predicted molar refractivity (Wildman–Crippen MR) is 356 cm³/mol. The molecule has 0 radical (unpaired) electrons. The van der Waals surface area contributed by atoms with E-state index in [0.717, 1.165) is 63.8 Å². The van der Waals surface area contributed by atoms with Crippen molar-refractivity contribution in [2.75, 3.05) is 52.4 Å². The van der Waals surface area contributed by atoms with Crippen molar-refractivity contribution in [1.82, 2.24) is 38.6 Å². The molecule has 2 atom stereocenters. The van der Waals surface area contributed by atoms with Crippen LogP contribution in [-0.4, -0.2) is 115 Å². The lowest BCUT2D eigenvalue weighted by Crippen LogP contribution is -3.00. The van der Waals surface area contributed by atoms with Crippen LogP contribution in [0.4, 0.5) is 43.5 Å². The fraction of sp³-hybridized carbons (Fsp3) is 0.406. The second-order valence-electron chi connectivity index (χ2n) is 24.7. The molecule has 2 unspecified atom stereocenters. The van der Waals surface area contributed by atoms with Gasteiger partial charge < -0.3 is 9.41 Å². The molecule has 3 aromatic carbocycles. The first kappa shape index (κ1) is 80.7. The average Bonchev–Trinajstić information content (AvgIpc) is 0.777. The quantitative estimate of drug-likeness (QED) is 0.0303. The maximum Gasteiger partial charge on any atom is 0.762 e. The molecule has 95 heavy (non-hydrogen) atoms. The van der Waals surface area contributed by atoms with Gasteiger partial charge in [0.1, 0.15) is 48.5 Å². The van der Waals surface area contributed by atoms with Crippen molar-refractivity contribution in [3.63, 3.8) is 0 Å². The summed E-state index contributed by atoms with van der Waals surface area (Å²) in [6.07, 6.45) is 8.71. The number of pyridine rings is 2. The molecule has 31 heteroatoms. The molecule has 0 saturated carbocycles. The number of benzene rings is 3. The van der Waals surface area contributed by atoms with E-state index < -0.39 is 34.6 Å². The van der Waals surface area contributed by atoms with Crippen molar-refractivity contribution in [1.29, 1.82) is 0 Å². The predicted octanol–water partition coefficient (Wildman–Crippen LogP) is 8.93. The minimum Gasteiger partial charge on any atom is -1.00 e. The average molecular weight is 1510 g/mol. The molecular formula is C64H70B2Br2Cl2F12N10O3. The summed E-state index contributed by atoms with van der Waals surface area (Å²) in [6.45, 7) is 18.9. The number of quaternary nitrogens is 2. The van der Waals surface area contributed by atoms with E-state index in [1.54, 1.807) is 54.9 Å². The first-order chi connectivity index (χ1) is 43.8. The Bertz CT molecular complexity index is 4140. The van der Waals surface area contributed by atoms with Crippen LogP contribution in [0.1, 0.15) is 109 Å². The lowest BCUT2D eigenvalue weighted by atomic mass is 9.84. The number of fused-ring (bicyclic) bond motifs is 9. The third-order valence-corrected chi connectivity index (χ3v) is 17.2. The first-order valence-electron chi connectivity index (χ1n) is 29.7. The summed E-state index contributed by atoms with van der Waals surface area (Å²) in [4.78, 5) is 59.2. The molecule has 0 amide bonds. The summed E-state index contributed by atoms with van der Waals surface area (Å²) in [6, 6.07) is 27.9. The number of nitrogens with zero attached hydrogens (tertiary/aromatic N) is 10. The number of alkyl halides is 4. The van der Waals surface area contributed by atoms with Crippen LogP contribution in [0.2, 0.25) is 0 Å². The maximum atomic E-state index is 14.6. The van der Waals surface area contributed by atoms with Crippen molar-refractivity contribution >= 4 is 104 Å². The third-order valence-electron chi connectivity index (χ3n) is 15.7. The van der Waals surface area contributed by atoms with Crippen molar-refractivity contribution in [2.24, 2.45) is 16.2 Å². The maximum absolute atomic E-state index is 14.6. The minimum absolute atomic E-state index is 0. The van der Waals surface area contributed by atoms with Crippen LogP contribution >= 0.6 is 55.9 Å². The van der Waals surface area contributed by atoms with Crippen molar-refractivity contribution in [2.45, 2.75) is 99.2 Å². The summed E-state index contributed by atoms with van der Waals surface area (Å²) in [5.74, 6) is 9.81. The Kier molecular flexibility index (Phi) is 30.6. The molecule has 5 aromatic heterocycles. The van der Waals surface area contributed by atoms with Crippen LogP contribution in [0.5, 0.6) is 0 Å². The van der Waals surface area contributed by atoms with Gasteiger partial charge in [0, 0.05) is 53.0 Å². The van der Waals surface area contributed by atoms with E-state index in [1.165, 1.54) is 9.13 Å². The van der Waals surface area contributed by atoms with Gasteiger partial charge in [0.25, 0.3) is 16.7 Å². The largest absolute Gasteiger partial charge is 1.00 e. The molecule has 0 aliphatic carbocycles. The lowest BCUT2D eigenvalue weighted by molar-refractivity contribution is -1.15. The lowest BCUT2D eigenvalue weighted by Gasteiger charge is -2.48. The highest BCUT2D eigenvalue weighted by Crippen LogP contribution is 2.40. The van der Waals surface area contributed by atoms with Crippen LogP contribution < -0.4 is 26.1 Å². The molecule has 0 spiro atoms. The van der Waals surface area contributed by atoms with E-state index in [4.69, 9.17) is 19.4 Å². The van der Waals surface area contributed by atoms with E-state index in [0.29, 0.717) is 95.7 Å². The van der Waals surface area contributed by atoms with Crippen LogP contribution in [0.15, 0.2) is 127 Å². The molecular weight excluding hydrogens is 1440 g/mol. The Morgan fingerprint density at radius 1 is 0.621 bits per heavy atom. The topological polar surface area (TPSA) is 130 Å². The molecule has 8 aromatic rings. The summed E-state index contributed by atoms with van der Waals surface area (Å²) in [5.41, 5.74) is 3.34. The molecule has 2 bridgehead atoms. The van der Waals surface area contributed by atoms with Gasteiger partial charge >= 0.3 is 15.1 Å². The fourth-order valence-corrected chi connectivity index (χ4v) is 12.1. The summed E-state index contributed by atoms with van der Waals surface area (Å²) in [5, 5.41) is 1.73. The van der Waals surface area contributed by atoms with Crippen LogP contribution in [-0.2, 0) is 26.1 Å². The normalized spacial score (nSPS) is 19.7. The molecule has 0 N–H and O–H groups in total. The Morgan fingerprint density at radius 3 is 1.43 bits per heavy atom. The molecule has 6 aliphatic heterocycles. The van der Waals surface area contributed by atoms with E-state index in [9.17, 15) is 57.9 Å². The fourth-order valence-electron chi connectivity index (χ4n) is 11.0. The van der Waals surface area contributed by atoms with Gasteiger partial charge in [0.05, 0.1) is 41.2 Å². The highest BCUT2D eigenvalue weighted by atomic mass is 79.9. The van der Waals surface area contributed by atoms with Crippen molar-refractivity contribution in [3.05, 3.63) is 178 Å². The Balaban J connectivity index is 0.000000309. The van der Waals surface area contributed by atoms with E-state index >= 15 is 0 Å². The molecule has 6 aliphatic rings. The standard InChI is InChI=1S/C21H18FN3O.C14H14BrFN2O.C14H15BrN2O.C7H14ClFN2.C7H5N.CH3F.2BF3.ClH.2FH/c1-21(2)12-17(22)19-24-18-11-14(6-8-15-5-3-4-10-23-15)7-9-16(18)20(26)25(19)13-21;1-14(2)6-10(16)12-17-11-5-8(15)3-4-9(11)13(19)18(12)7-14;1-14(2)6-5-12-16-11-7-9(15)3-4-10(11)13(18)17(12)8-14;8-7-10-1-4-11(9,5-2-10)6-3-10;1-2-7-5-3-4-6-8-7;1-2;2*2-1(3)4;;;/h3-5,7,9-11,17H,12-13H2,1-2H3;3-5,10H,6-7H2,1-2H3;3-4,7H,5-6,8H2,1-2H3;1-7H2;1,3-6H;1H3;;;3*1H/q;;;+2;;;;;;;/p-2/i;;;;;1D;;;;;. The van der Waals surface area contributed by atoms with Gasteiger partial charge in [-0.3, -0.25) is 62.9 Å². The SMILES string of the molecule is C#Cc1ccccn1.CC1(C)CC(F)c2nc3cc(Br)ccc3c(=O)n2C1.CC1(C)CC(F)c2nc3cc(C#Cc4ccccn4)ccc3c(=O)n2C1.CC1(C)CCc2nc3cc(Br)ccc3c(=O)n2C1.Cl.FB(F)F.FB(F)F.F[N+]12CC[N+](CCl)(CC1)CC2.[2H]CF.[F-].[F-]. The highest BCUT2D eigenvalue weighted by Gasteiger charge is 2.50. The smallest absolute Gasteiger partial charge is 0.762 e. The van der Waals surface area contributed by atoms with Gasteiger partial charge in [-0.15, -0.1) is 23.5 Å². The molecule has 512 valence electrons. The number of aromatic nitrogens is 8. The number of piperazine rings is 3. The molecule has 14 rings (SSSR count). The number of rotatable bonds is 1. The van der Waals surface area contributed by atoms with Gasteiger partial charge in [0.15, 0.2) is 38.0 Å². The monoisotopic (exact) mass is 1510 g/mol. The zero-order chi connectivity index (χ0) is 68.6. The van der Waals surface area contributed by atoms with Crippen LogP contribution in [0.25, 0.3) is 32.7 Å². The van der Waals surface area contributed by atoms with Gasteiger partial charge in [0.2, 0.25) is 0 Å². The Labute approximate surface area is 572 Å². The number of halogens is 16. The molecule has 3 saturated heterocycles. The van der Waals surface area contributed by atoms with Gasteiger partial charge in [-0.1, -0.05) is 109 Å². The molecule has 13 nitrogen and oxygen atoms in total. The Hall–Kier alpha value is -6.75. The first-order valence-corrected chi connectivity index (χ1v) is 31.1. The third kappa shape index (κ3) is 22.9. The number of terminal acetylenes is 1. The van der Waals surface area contributed by atoms with Crippen LogP contribution in [0.3, 0.4) is 0 Å². The number of hydrogen-bond donors (Lipinski definition) is 0. The molecule has 3 fully saturated rings. The second-order valence-corrected chi connectivity index (χ2v) is 26.8. The summed E-state index contributed by atoms with van der Waals surface area (Å²) in [7, 11) is -8.33.